The SMILES string of the molecule is C=Cc1ccc2nc(NC(=O)NCC)sc2c1C=C. The van der Waals surface area contributed by atoms with Gasteiger partial charge in [0.05, 0.1) is 10.2 Å². The molecule has 0 radical (unpaired) electrons. The van der Waals surface area contributed by atoms with Crippen LogP contribution < -0.4 is 10.6 Å². The van der Waals surface area contributed by atoms with E-state index in [4.69, 9.17) is 0 Å². The number of nitrogens with one attached hydrogen (secondary N) is 2. The number of anilines is 1. The van der Waals surface area contributed by atoms with Gasteiger partial charge >= 0.3 is 6.03 Å². The highest BCUT2D eigenvalue weighted by atomic mass is 32.1. The number of rotatable bonds is 4. The molecule has 2 aromatic rings. The third kappa shape index (κ3) is 2.66. The largest absolute Gasteiger partial charge is 0.338 e. The summed E-state index contributed by atoms with van der Waals surface area (Å²) < 4.78 is 0.999. The van der Waals surface area contributed by atoms with Crippen LogP contribution in [0.3, 0.4) is 0 Å². The van der Waals surface area contributed by atoms with Crippen molar-refractivity contribution in [2.75, 3.05) is 11.9 Å². The lowest BCUT2D eigenvalue weighted by atomic mass is 10.1. The molecule has 0 saturated heterocycles. The zero-order valence-electron chi connectivity index (χ0n) is 10.7. The molecule has 2 amide bonds. The maximum absolute atomic E-state index is 11.5. The van der Waals surface area contributed by atoms with Crippen LogP contribution in [0, 0.1) is 0 Å². The van der Waals surface area contributed by atoms with Gasteiger partial charge in [-0.05, 0) is 18.6 Å². The Morgan fingerprint density at radius 1 is 1.42 bits per heavy atom. The molecular weight excluding hydrogens is 258 g/mol. The van der Waals surface area contributed by atoms with Crippen molar-refractivity contribution in [3.63, 3.8) is 0 Å². The smallest absolute Gasteiger partial charge is 0.321 e. The van der Waals surface area contributed by atoms with E-state index in [9.17, 15) is 4.79 Å². The van der Waals surface area contributed by atoms with Crippen LogP contribution in [0.15, 0.2) is 25.3 Å². The van der Waals surface area contributed by atoms with E-state index in [1.165, 1.54) is 11.3 Å². The number of carbonyl (C=O) groups is 1. The molecule has 0 saturated carbocycles. The molecule has 2 rings (SSSR count). The standard InChI is InChI=1S/C14H15N3OS/c1-4-9-7-8-11-12(10(9)5-2)19-14(16-11)17-13(18)15-6-3/h4-5,7-8H,1-2,6H2,3H3,(H2,15,16,17,18). The van der Waals surface area contributed by atoms with Crippen LogP contribution in [0.4, 0.5) is 9.93 Å². The normalized spacial score (nSPS) is 10.2. The van der Waals surface area contributed by atoms with Crippen molar-refractivity contribution in [3.8, 4) is 0 Å². The molecule has 0 unspecified atom stereocenters. The van der Waals surface area contributed by atoms with Gasteiger partial charge in [-0.1, -0.05) is 42.7 Å². The summed E-state index contributed by atoms with van der Waals surface area (Å²) >= 11 is 1.43. The Bertz CT molecular complexity index is 645. The number of carbonyl (C=O) groups excluding carboxylic acids is 1. The van der Waals surface area contributed by atoms with Crippen molar-refractivity contribution in [1.29, 1.82) is 0 Å². The molecule has 0 aliphatic carbocycles. The Hall–Kier alpha value is -2.14. The number of nitrogens with zero attached hydrogens (tertiary/aromatic N) is 1. The highest BCUT2D eigenvalue weighted by molar-refractivity contribution is 7.22. The van der Waals surface area contributed by atoms with E-state index < -0.39 is 0 Å². The third-order valence-electron chi connectivity index (χ3n) is 2.61. The fourth-order valence-corrected chi connectivity index (χ4v) is 2.78. The molecule has 0 spiro atoms. The van der Waals surface area contributed by atoms with Crippen molar-refractivity contribution in [3.05, 3.63) is 36.4 Å². The van der Waals surface area contributed by atoms with E-state index >= 15 is 0 Å². The molecule has 2 N–H and O–H groups in total. The summed E-state index contributed by atoms with van der Waals surface area (Å²) in [7, 11) is 0. The number of benzene rings is 1. The first-order valence-corrected chi connectivity index (χ1v) is 6.74. The average Bonchev–Trinajstić information content (AvgIpc) is 2.79. The molecule has 0 aliphatic rings. The number of aromatic nitrogens is 1. The molecule has 0 bridgehead atoms. The average molecular weight is 273 g/mol. The first-order chi connectivity index (χ1) is 9.19. The molecule has 0 aliphatic heterocycles. The molecular formula is C14H15N3OS. The van der Waals surface area contributed by atoms with Crippen LogP contribution in [0.1, 0.15) is 18.1 Å². The highest BCUT2D eigenvalue weighted by Crippen LogP contribution is 2.32. The van der Waals surface area contributed by atoms with Crippen LogP contribution in [0.25, 0.3) is 22.4 Å². The summed E-state index contributed by atoms with van der Waals surface area (Å²) in [6.07, 6.45) is 3.57. The van der Waals surface area contributed by atoms with Crippen molar-refractivity contribution >= 4 is 44.9 Å². The zero-order chi connectivity index (χ0) is 13.8. The first-order valence-electron chi connectivity index (χ1n) is 5.92. The maximum Gasteiger partial charge on any atom is 0.321 e. The van der Waals surface area contributed by atoms with Gasteiger partial charge in [-0.2, -0.15) is 0 Å². The number of hydrogen-bond acceptors (Lipinski definition) is 3. The van der Waals surface area contributed by atoms with E-state index in [1.54, 1.807) is 12.2 Å². The molecule has 1 aromatic carbocycles. The second-order valence-corrected chi connectivity index (χ2v) is 4.83. The minimum absolute atomic E-state index is 0.245. The van der Waals surface area contributed by atoms with Gasteiger partial charge < -0.3 is 5.32 Å². The van der Waals surface area contributed by atoms with Gasteiger partial charge in [-0.3, -0.25) is 5.32 Å². The predicted molar refractivity (Wildman–Crippen MR) is 82.5 cm³/mol. The number of amides is 2. The maximum atomic E-state index is 11.5. The molecule has 0 atom stereocenters. The van der Waals surface area contributed by atoms with Crippen LogP contribution >= 0.6 is 11.3 Å². The van der Waals surface area contributed by atoms with E-state index in [1.807, 2.05) is 19.1 Å². The molecule has 4 nitrogen and oxygen atoms in total. The summed E-state index contributed by atoms with van der Waals surface area (Å²) in [5, 5.41) is 5.96. The summed E-state index contributed by atoms with van der Waals surface area (Å²) in [6, 6.07) is 3.62. The first kappa shape index (κ1) is 13.3. The van der Waals surface area contributed by atoms with E-state index in [-0.39, 0.29) is 6.03 Å². The number of thiazole rings is 1. The van der Waals surface area contributed by atoms with Gasteiger partial charge in [0.15, 0.2) is 5.13 Å². The van der Waals surface area contributed by atoms with Crippen molar-refractivity contribution in [2.45, 2.75) is 6.92 Å². The van der Waals surface area contributed by atoms with Gasteiger partial charge in [0.1, 0.15) is 0 Å². The Balaban J connectivity index is 2.42. The van der Waals surface area contributed by atoms with Crippen molar-refractivity contribution < 1.29 is 4.79 Å². The van der Waals surface area contributed by atoms with Gasteiger partial charge in [-0.25, -0.2) is 9.78 Å². The summed E-state index contributed by atoms with van der Waals surface area (Å²) in [4.78, 5) is 15.9. The van der Waals surface area contributed by atoms with Crippen LogP contribution in [0.5, 0.6) is 0 Å². The highest BCUT2D eigenvalue weighted by Gasteiger charge is 2.10. The lowest BCUT2D eigenvalue weighted by molar-refractivity contribution is 0.252. The second kappa shape index (κ2) is 5.67. The monoisotopic (exact) mass is 273 g/mol. The van der Waals surface area contributed by atoms with E-state index in [2.05, 4.69) is 28.8 Å². The number of fused-ring (bicyclic) bond motifs is 1. The predicted octanol–water partition coefficient (Wildman–Crippen LogP) is 3.72. The summed E-state index contributed by atoms with van der Waals surface area (Å²) in [6.45, 7) is 10.0. The topological polar surface area (TPSA) is 54.0 Å². The van der Waals surface area contributed by atoms with Crippen molar-refractivity contribution in [2.24, 2.45) is 0 Å². The molecule has 0 fully saturated rings. The minimum atomic E-state index is -0.245. The van der Waals surface area contributed by atoms with Crippen LogP contribution in [-0.2, 0) is 0 Å². The van der Waals surface area contributed by atoms with E-state index in [0.29, 0.717) is 11.7 Å². The summed E-state index contributed by atoms with van der Waals surface area (Å²) in [5.41, 5.74) is 2.85. The Morgan fingerprint density at radius 2 is 2.21 bits per heavy atom. The lowest BCUT2D eigenvalue weighted by Gasteiger charge is -2.00. The molecule has 1 aromatic heterocycles. The van der Waals surface area contributed by atoms with Gasteiger partial charge in [0, 0.05) is 12.1 Å². The third-order valence-corrected chi connectivity index (χ3v) is 3.63. The minimum Gasteiger partial charge on any atom is -0.338 e. The van der Waals surface area contributed by atoms with Crippen molar-refractivity contribution in [1.82, 2.24) is 10.3 Å². The van der Waals surface area contributed by atoms with Gasteiger partial charge in [0.25, 0.3) is 0 Å². The second-order valence-electron chi connectivity index (χ2n) is 3.83. The molecule has 19 heavy (non-hydrogen) atoms. The van der Waals surface area contributed by atoms with Gasteiger partial charge in [-0.15, -0.1) is 0 Å². The number of urea groups is 1. The Morgan fingerprint density at radius 3 is 2.84 bits per heavy atom. The van der Waals surface area contributed by atoms with Gasteiger partial charge in [0.2, 0.25) is 0 Å². The molecule has 98 valence electrons. The number of hydrogen-bond donors (Lipinski definition) is 2. The van der Waals surface area contributed by atoms with Crippen LogP contribution in [0.2, 0.25) is 0 Å². The van der Waals surface area contributed by atoms with Crippen LogP contribution in [-0.4, -0.2) is 17.6 Å². The quantitative estimate of drug-likeness (QED) is 0.892. The lowest BCUT2D eigenvalue weighted by Crippen LogP contribution is -2.28. The Labute approximate surface area is 115 Å². The summed E-state index contributed by atoms with van der Waals surface area (Å²) in [5.74, 6) is 0. The Kier molecular flexibility index (Phi) is 3.97. The van der Waals surface area contributed by atoms with E-state index in [0.717, 1.165) is 21.3 Å². The molecule has 1 heterocycles. The molecule has 5 heteroatoms. The fourth-order valence-electron chi connectivity index (χ4n) is 1.77. The fraction of sp³-hybridized carbons (Fsp3) is 0.143. The zero-order valence-corrected chi connectivity index (χ0v) is 11.5.